The smallest absolute Gasteiger partial charge is 0.851 e. The molecule has 2 aromatic carbocycles. The number of benzene rings is 2. The molecule has 3 aromatic rings. The molecule has 0 saturated carbocycles. The number of nitrogens with one attached hydrogen (secondary N) is 1. The number of nitrogens with zero attached hydrogens (tertiary/aromatic N) is 1. The maximum absolute atomic E-state index is 14.1. The molecule has 0 spiro atoms. The molecule has 0 bridgehead atoms. The second kappa shape index (κ2) is 18.0. The first-order chi connectivity index (χ1) is 20.1. The average molecular weight is 635 g/mol. The van der Waals surface area contributed by atoms with Gasteiger partial charge >= 0.3 is 35.5 Å². The van der Waals surface area contributed by atoms with Crippen LogP contribution in [0.15, 0.2) is 78.2 Å². The van der Waals surface area contributed by atoms with Crippen molar-refractivity contribution in [2.24, 2.45) is 0 Å². The normalized spacial score (nSPS) is 13.7. The van der Waals surface area contributed by atoms with Gasteiger partial charge in [-0.1, -0.05) is 50.3 Å². The summed E-state index contributed by atoms with van der Waals surface area (Å²) in [6, 6.07) is 15.3. The Hall–Kier alpha value is -3.29. The predicted molar refractivity (Wildman–Crippen MR) is 163 cm³/mol. The molecular weight excluding hydrogens is 594 g/mol. The van der Waals surface area contributed by atoms with Crippen molar-refractivity contribution in [3.05, 3.63) is 95.3 Å². The molecule has 0 radical (unpaired) electrons. The van der Waals surface area contributed by atoms with E-state index in [1.54, 1.807) is 18.2 Å². The third-order valence-corrected chi connectivity index (χ3v) is 7.27. The molecule has 2 atom stereocenters. The summed E-state index contributed by atoms with van der Waals surface area (Å²) in [6.45, 7) is 4.10. The van der Waals surface area contributed by atoms with E-state index in [1.165, 1.54) is 12.1 Å². The van der Waals surface area contributed by atoms with Gasteiger partial charge in [0, 0.05) is 30.6 Å². The van der Waals surface area contributed by atoms with E-state index >= 15 is 0 Å². The fourth-order valence-electron chi connectivity index (χ4n) is 5.42. The van der Waals surface area contributed by atoms with Crippen molar-refractivity contribution in [3.8, 4) is 22.4 Å². The minimum absolute atomic E-state index is 0. The van der Waals surface area contributed by atoms with Crippen molar-refractivity contribution >= 4 is 11.9 Å². The molecule has 1 aliphatic rings. The number of rotatable bonds is 12. The molecule has 1 heterocycles. The number of carboxylic acid groups (broad SMARTS) is 1. The minimum Gasteiger partial charge on any atom is -0.851 e. The largest absolute Gasteiger partial charge is 1.00 e. The fourth-order valence-corrected chi connectivity index (χ4v) is 5.42. The quantitative estimate of drug-likeness (QED) is 0.211. The standard InChI is InChI=1S/C33H36FN2O6.Na.2H2O/c1-20(2)31-30(33(42)35-26-10-6-7-11-27(26)39)29(21-8-4-3-5-9-21)32(22-12-14-23(34)15-13-22)36(31)17-16-24(37)18-25(38)19-28(40)41;;;/h3-6,8-10,12-15,20,24-25,37,39H,7,11,16-19H2,1-2H3,(H,35,42)(H,40,41);;2*1H2/q-1;+1;;/t24-,25-;;;/m1.../s1. The van der Waals surface area contributed by atoms with Crippen LogP contribution in [0.5, 0.6) is 0 Å². The number of carbonyl (C=O) groups excluding carboxylic acids is 1. The van der Waals surface area contributed by atoms with Crippen molar-refractivity contribution < 1.29 is 74.9 Å². The molecule has 1 aromatic heterocycles. The third kappa shape index (κ3) is 9.85. The van der Waals surface area contributed by atoms with Crippen LogP contribution in [0.2, 0.25) is 0 Å². The Labute approximate surface area is 283 Å². The van der Waals surface area contributed by atoms with E-state index in [-0.39, 0.29) is 71.6 Å². The number of aromatic nitrogens is 1. The van der Waals surface area contributed by atoms with Gasteiger partial charge in [-0.25, -0.2) is 4.39 Å². The molecule has 0 unspecified atom stereocenters. The number of halogens is 1. The van der Waals surface area contributed by atoms with E-state index in [1.807, 2.05) is 54.8 Å². The Morgan fingerprint density at radius 3 is 2.27 bits per heavy atom. The number of carbonyl (C=O) groups is 2. The van der Waals surface area contributed by atoms with Gasteiger partial charge in [0.15, 0.2) is 0 Å². The van der Waals surface area contributed by atoms with Gasteiger partial charge in [0.05, 0.1) is 23.1 Å². The Bertz CT molecular complexity index is 1490. The SMILES string of the molecule is CC(C)c1c(C(=O)NC2=C(O)CCC=C2)c(-c2ccccc2)c(-c2ccc(F)cc2)n1CC[C@@H](O)C[C@@H]([O-])CC(=O)O.O.O.[Na+]. The number of hydrogen-bond acceptors (Lipinski definition) is 5. The maximum Gasteiger partial charge on any atom is 1.00 e. The molecule has 1 aliphatic carbocycles. The summed E-state index contributed by atoms with van der Waals surface area (Å²) >= 11 is 0. The topological polar surface area (TPSA) is 198 Å². The van der Waals surface area contributed by atoms with Crippen molar-refractivity contribution in [2.75, 3.05) is 0 Å². The summed E-state index contributed by atoms with van der Waals surface area (Å²) in [6.07, 6.45) is 1.44. The zero-order valence-corrected chi connectivity index (χ0v) is 27.7. The van der Waals surface area contributed by atoms with Crippen molar-refractivity contribution in [3.63, 3.8) is 0 Å². The minimum atomic E-state index is -1.45. The molecule has 1 amide bonds. The first-order valence-electron chi connectivity index (χ1n) is 14.1. The van der Waals surface area contributed by atoms with Gasteiger partial charge < -0.3 is 41.3 Å². The molecule has 0 saturated heterocycles. The van der Waals surface area contributed by atoms with E-state index in [4.69, 9.17) is 5.11 Å². The van der Waals surface area contributed by atoms with E-state index in [2.05, 4.69) is 5.32 Å². The van der Waals surface area contributed by atoms with Crippen LogP contribution in [-0.4, -0.2) is 54.9 Å². The van der Waals surface area contributed by atoms with Crippen molar-refractivity contribution in [1.82, 2.24) is 9.88 Å². The number of aliphatic hydroxyl groups is 2. The van der Waals surface area contributed by atoms with Gasteiger partial charge in [-0.2, -0.15) is 0 Å². The number of hydrogen-bond donors (Lipinski definition) is 4. The van der Waals surface area contributed by atoms with Crippen molar-refractivity contribution in [1.29, 1.82) is 0 Å². The van der Waals surface area contributed by atoms with E-state index in [0.29, 0.717) is 46.6 Å². The predicted octanol–water partition coefficient (Wildman–Crippen LogP) is 0.633. The summed E-state index contributed by atoms with van der Waals surface area (Å²) < 4.78 is 16.0. The molecule has 10 nitrogen and oxygen atoms in total. The van der Waals surface area contributed by atoms with Gasteiger partial charge in [-0.15, -0.1) is 6.10 Å². The van der Waals surface area contributed by atoms with E-state index in [0.717, 1.165) is 5.56 Å². The Morgan fingerprint density at radius 1 is 1.04 bits per heavy atom. The average Bonchev–Trinajstić information content (AvgIpc) is 3.29. The number of allylic oxidation sites excluding steroid dienone is 3. The van der Waals surface area contributed by atoms with Crippen LogP contribution in [-0.2, 0) is 11.3 Å². The van der Waals surface area contributed by atoms with Crippen LogP contribution in [0.25, 0.3) is 22.4 Å². The number of aliphatic hydroxyl groups excluding tert-OH is 2. The second-order valence-corrected chi connectivity index (χ2v) is 10.8. The molecular formula is C33H40FN2NaO8. The molecule has 0 aliphatic heterocycles. The van der Waals surface area contributed by atoms with Crippen molar-refractivity contribution in [2.45, 2.75) is 70.6 Å². The number of aliphatic carboxylic acids is 1. The zero-order chi connectivity index (χ0) is 30.4. The van der Waals surface area contributed by atoms with Gasteiger partial charge in [0.2, 0.25) is 0 Å². The number of amides is 1. The summed E-state index contributed by atoms with van der Waals surface area (Å²) in [5, 5.41) is 45.1. The molecule has 0 fully saturated rings. The summed E-state index contributed by atoms with van der Waals surface area (Å²) in [5.74, 6) is -2.14. The molecule has 12 heteroatoms. The van der Waals surface area contributed by atoms with Crippen LogP contribution in [0.4, 0.5) is 4.39 Å². The van der Waals surface area contributed by atoms with Gasteiger partial charge in [-0.3, -0.25) is 9.59 Å². The first kappa shape index (κ1) is 39.7. The van der Waals surface area contributed by atoms with Crippen LogP contribution in [0.1, 0.15) is 67.9 Å². The first-order valence-corrected chi connectivity index (χ1v) is 14.1. The van der Waals surface area contributed by atoms with Crippen LogP contribution < -0.4 is 40.0 Å². The fraction of sp³-hybridized carbons (Fsp3) is 0.333. The molecule has 4 rings (SSSR count). The zero-order valence-electron chi connectivity index (χ0n) is 25.7. The molecule has 45 heavy (non-hydrogen) atoms. The monoisotopic (exact) mass is 634 g/mol. The molecule has 8 N–H and O–H groups in total. The number of carboxylic acids is 1. The Kier molecular flexibility index (Phi) is 15.9. The third-order valence-electron chi connectivity index (χ3n) is 7.27. The Morgan fingerprint density at radius 2 is 1.69 bits per heavy atom. The summed E-state index contributed by atoms with van der Waals surface area (Å²) in [5.41, 5.74) is 4.04. The second-order valence-electron chi connectivity index (χ2n) is 10.8. The van der Waals surface area contributed by atoms with E-state index < -0.39 is 36.3 Å². The van der Waals surface area contributed by atoms with Gasteiger partial charge in [-0.05, 0) is 66.6 Å². The maximum atomic E-state index is 14.1. The summed E-state index contributed by atoms with van der Waals surface area (Å²) in [7, 11) is 0. The summed E-state index contributed by atoms with van der Waals surface area (Å²) in [4.78, 5) is 25.0. The Balaban J connectivity index is 0.00000337. The van der Waals surface area contributed by atoms with Gasteiger partial charge in [0.25, 0.3) is 5.91 Å². The van der Waals surface area contributed by atoms with Crippen LogP contribution in [0.3, 0.4) is 0 Å². The van der Waals surface area contributed by atoms with Crippen LogP contribution >= 0.6 is 0 Å². The van der Waals surface area contributed by atoms with E-state index in [9.17, 15) is 29.3 Å². The molecule has 238 valence electrons. The van der Waals surface area contributed by atoms with Gasteiger partial charge in [0.1, 0.15) is 11.6 Å². The van der Waals surface area contributed by atoms with Crippen LogP contribution in [0, 0.1) is 5.82 Å².